The van der Waals surface area contributed by atoms with Gasteiger partial charge < -0.3 is 4.90 Å². The van der Waals surface area contributed by atoms with Crippen LogP contribution in [-0.4, -0.2) is 23.9 Å². The maximum absolute atomic E-state index is 12.2. The number of piperidine rings is 1. The molecular formula is C18H25NO. The lowest BCUT2D eigenvalue weighted by Gasteiger charge is -2.33. The van der Waals surface area contributed by atoms with E-state index in [4.69, 9.17) is 0 Å². The fourth-order valence-electron chi connectivity index (χ4n) is 3.34. The Bertz CT molecular complexity index is 478. The van der Waals surface area contributed by atoms with Gasteiger partial charge in [0.15, 0.2) is 0 Å². The molecule has 1 amide bonds. The van der Waals surface area contributed by atoms with Crippen molar-refractivity contribution in [2.75, 3.05) is 13.1 Å². The lowest BCUT2D eigenvalue weighted by molar-refractivity contribution is -0.134. The predicted molar refractivity (Wildman–Crippen MR) is 81.5 cm³/mol. The summed E-state index contributed by atoms with van der Waals surface area (Å²) < 4.78 is 0. The van der Waals surface area contributed by atoms with Gasteiger partial charge in [-0.15, -0.1) is 0 Å². The Morgan fingerprint density at radius 1 is 1.25 bits per heavy atom. The molecule has 108 valence electrons. The molecular weight excluding hydrogens is 246 g/mol. The zero-order valence-corrected chi connectivity index (χ0v) is 12.5. The van der Waals surface area contributed by atoms with E-state index in [2.05, 4.69) is 36.1 Å². The van der Waals surface area contributed by atoms with Crippen LogP contribution in [0.2, 0.25) is 0 Å². The zero-order chi connectivity index (χ0) is 13.9. The van der Waals surface area contributed by atoms with Gasteiger partial charge in [-0.2, -0.15) is 0 Å². The van der Waals surface area contributed by atoms with E-state index in [9.17, 15) is 4.79 Å². The highest BCUT2D eigenvalue weighted by atomic mass is 16.2. The molecule has 2 heteroatoms. The molecule has 1 aliphatic carbocycles. The Balaban J connectivity index is 1.52. The van der Waals surface area contributed by atoms with E-state index in [0.717, 1.165) is 32.4 Å². The van der Waals surface area contributed by atoms with Crippen LogP contribution >= 0.6 is 0 Å². The molecule has 2 nitrogen and oxygen atoms in total. The van der Waals surface area contributed by atoms with E-state index in [-0.39, 0.29) is 0 Å². The first-order chi connectivity index (χ1) is 9.74. The normalized spacial score (nSPS) is 22.9. The Hall–Kier alpha value is -1.31. The lowest BCUT2D eigenvalue weighted by atomic mass is 9.90. The van der Waals surface area contributed by atoms with Gasteiger partial charge in [0.25, 0.3) is 0 Å². The van der Waals surface area contributed by atoms with Gasteiger partial charge in [0.2, 0.25) is 5.91 Å². The third-order valence-corrected chi connectivity index (χ3v) is 4.84. The fourth-order valence-corrected chi connectivity index (χ4v) is 3.34. The van der Waals surface area contributed by atoms with Crippen molar-refractivity contribution in [1.82, 2.24) is 4.90 Å². The van der Waals surface area contributed by atoms with Crippen LogP contribution in [0.4, 0.5) is 0 Å². The minimum absolute atomic E-state index is 0.380. The van der Waals surface area contributed by atoms with Crippen molar-refractivity contribution in [3.05, 3.63) is 35.4 Å². The molecule has 1 aromatic rings. The van der Waals surface area contributed by atoms with E-state index >= 15 is 0 Å². The van der Waals surface area contributed by atoms with Gasteiger partial charge in [0.1, 0.15) is 0 Å². The van der Waals surface area contributed by atoms with Crippen LogP contribution in [0.15, 0.2) is 24.3 Å². The van der Waals surface area contributed by atoms with E-state index in [1.807, 2.05) is 0 Å². The van der Waals surface area contributed by atoms with Crippen LogP contribution in [0.1, 0.15) is 43.2 Å². The van der Waals surface area contributed by atoms with Gasteiger partial charge in [0, 0.05) is 19.0 Å². The topological polar surface area (TPSA) is 20.3 Å². The summed E-state index contributed by atoms with van der Waals surface area (Å²) in [6.07, 6.45) is 7.12. The first-order valence-electron chi connectivity index (χ1n) is 8.07. The van der Waals surface area contributed by atoms with Gasteiger partial charge in [-0.25, -0.2) is 0 Å². The van der Waals surface area contributed by atoms with Crippen molar-refractivity contribution in [2.45, 2.75) is 45.4 Å². The maximum atomic E-state index is 12.2. The van der Waals surface area contributed by atoms with Gasteiger partial charge in [-0.05, 0) is 62.5 Å². The van der Waals surface area contributed by atoms with E-state index in [1.54, 1.807) is 0 Å². The number of aryl methyl sites for hydroxylation is 2. The number of rotatable bonds is 4. The van der Waals surface area contributed by atoms with E-state index in [1.165, 1.54) is 30.4 Å². The van der Waals surface area contributed by atoms with Crippen LogP contribution in [-0.2, 0) is 11.2 Å². The molecule has 0 radical (unpaired) electrons. The van der Waals surface area contributed by atoms with Crippen LogP contribution in [0.25, 0.3) is 0 Å². The number of hydrogen-bond donors (Lipinski definition) is 0. The SMILES string of the molecule is Cc1ccccc1CC[C@H]1CCCN(C(=O)C2CC2)C1. The number of amides is 1. The Kier molecular flexibility index (Phi) is 4.09. The van der Waals surface area contributed by atoms with Gasteiger partial charge in [-0.3, -0.25) is 4.79 Å². The largest absolute Gasteiger partial charge is 0.342 e. The second-order valence-electron chi connectivity index (χ2n) is 6.53. The Morgan fingerprint density at radius 3 is 2.80 bits per heavy atom. The molecule has 0 unspecified atom stereocenters. The zero-order valence-electron chi connectivity index (χ0n) is 12.5. The number of likely N-dealkylation sites (tertiary alicyclic amines) is 1. The van der Waals surface area contributed by atoms with Crippen molar-refractivity contribution >= 4 is 5.91 Å². The maximum Gasteiger partial charge on any atom is 0.225 e. The summed E-state index contributed by atoms with van der Waals surface area (Å²) >= 11 is 0. The van der Waals surface area contributed by atoms with Crippen molar-refractivity contribution < 1.29 is 4.79 Å². The monoisotopic (exact) mass is 271 g/mol. The molecule has 2 aliphatic rings. The number of benzene rings is 1. The molecule has 1 saturated heterocycles. The molecule has 0 N–H and O–H groups in total. The van der Waals surface area contributed by atoms with E-state index < -0.39 is 0 Å². The Morgan fingerprint density at radius 2 is 2.05 bits per heavy atom. The number of hydrogen-bond acceptors (Lipinski definition) is 1. The molecule has 3 rings (SSSR count). The molecule has 1 aromatic carbocycles. The highest BCUT2D eigenvalue weighted by Gasteiger charge is 2.35. The fraction of sp³-hybridized carbons (Fsp3) is 0.611. The first-order valence-corrected chi connectivity index (χ1v) is 8.07. The molecule has 1 aliphatic heterocycles. The smallest absolute Gasteiger partial charge is 0.225 e. The summed E-state index contributed by atoms with van der Waals surface area (Å²) in [5.74, 6) is 1.52. The van der Waals surface area contributed by atoms with Crippen LogP contribution in [0, 0.1) is 18.8 Å². The number of carbonyl (C=O) groups excluding carboxylic acids is 1. The molecule has 1 saturated carbocycles. The highest BCUT2D eigenvalue weighted by Crippen LogP contribution is 2.33. The van der Waals surface area contributed by atoms with Crippen molar-refractivity contribution in [3.63, 3.8) is 0 Å². The lowest BCUT2D eigenvalue weighted by Crippen LogP contribution is -2.40. The summed E-state index contributed by atoms with van der Waals surface area (Å²) in [7, 11) is 0. The standard InChI is InChI=1S/C18H25NO/c1-14-5-2-3-7-16(14)9-8-15-6-4-12-19(13-15)18(20)17-10-11-17/h2-3,5,7,15,17H,4,6,8-13H2,1H3/t15-/m1/s1. The van der Waals surface area contributed by atoms with Crippen molar-refractivity contribution in [3.8, 4) is 0 Å². The minimum atomic E-state index is 0.380. The molecule has 0 spiro atoms. The van der Waals surface area contributed by atoms with Gasteiger partial charge in [-0.1, -0.05) is 24.3 Å². The minimum Gasteiger partial charge on any atom is -0.342 e. The summed E-state index contributed by atoms with van der Waals surface area (Å²) in [6.45, 7) is 4.19. The first kappa shape index (κ1) is 13.7. The Labute approximate surface area is 122 Å². The molecule has 20 heavy (non-hydrogen) atoms. The summed E-state index contributed by atoms with van der Waals surface area (Å²) in [5.41, 5.74) is 2.87. The molecule has 1 heterocycles. The highest BCUT2D eigenvalue weighted by molar-refractivity contribution is 5.81. The number of carbonyl (C=O) groups is 1. The average molecular weight is 271 g/mol. The second kappa shape index (κ2) is 5.99. The van der Waals surface area contributed by atoms with Crippen molar-refractivity contribution in [1.29, 1.82) is 0 Å². The average Bonchev–Trinajstić information content (AvgIpc) is 3.31. The quantitative estimate of drug-likeness (QED) is 0.819. The predicted octanol–water partition coefficient (Wildman–Crippen LogP) is 3.58. The van der Waals surface area contributed by atoms with Crippen molar-refractivity contribution in [2.24, 2.45) is 11.8 Å². The van der Waals surface area contributed by atoms with E-state index in [0.29, 0.717) is 17.7 Å². The van der Waals surface area contributed by atoms with Gasteiger partial charge >= 0.3 is 0 Å². The third kappa shape index (κ3) is 3.23. The van der Waals surface area contributed by atoms with Crippen LogP contribution < -0.4 is 0 Å². The molecule has 1 atom stereocenters. The van der Waals surface area contributed by atoms with Gasteiger partial charge in [0.05, 0.1) is 0 Å². The molecule has 2 fully saturated rings. The number of nitrogens with zero attached hydrogens (tertiary/aromatic N) is 1. The third-order valence-electron chi connectivity index (χ3n) is 4.84. The summed E-state index contributed by atoms with van der Waals surface area (Å²) in [6, 6.07) is 8.67. The van der Waals surface area contributed by atoms with Crippen LogP contribution in [0.5, 0.6) is 0 Å². The molecule has 0 bridgehead atoms. The summed E-state index contributed by atoms with van der Waals surface area (Å²) in [4.78, 5) is 14.3. The summed E-state index contributed by atoms with van der Waals surface area (Å²) in [5, 5.41) is 0. The second-order valence-corrected chi connectivity index (χ2v) is 6.53. The van der Waals surface area contributed by atoms with Crippen LogP contribution in [0.3, 0.4) is 0 Å². The molecule has 0 aromatic heterocycles.